The molecule has 2 aromatic heterocycles. The molecular formula is C16H18N2O3S. The number of hydrogen-bond donors (Lipinski definition) is 1. The molecule has 116 valence electrons. The van der Waals surface area contributed by atoms with Crippen molar-refractivity contribution >= 4 is 17.2 Å². The molecular weight excluding hydrogens is 300 g/mol. The summed E-state index contributed by atoms with van der Waals surface area (Å²) in [5, 5.41) is 4.96. The van der Waals surface area contributed by atoms with Crippen molar-refractivity contribution < 1.29 is 14.3 Å². The van der Waals surface area contributed by atoms with Crippen molar-refractivity contribution in [2.24, 2.45) is 0 Å². The second kappa shape index (κ2) is 7.38. The van der Waals surface area contributed by atoms with E-state index in [1.54, 1.807) is 29.7 Å². The van der Waals surface area contributed by atoms with Gasteiger partial charge in [0.05, 0.1) is 13.2 Å². The fourth-order valence-corrected chi connectivity index (χ4v) is 2.96. The number of pyridine rings is 1. The van der Waals surface area contributed by atoms with Gasteiger partial charge in [0.1, 0.15) is 6.10 Å². The van der Waals surface area contributed by atoms with Crippen LogP contribution in [0, 0.1) is 0 Å². The molecule has 0 bridgehead atoms. The van der Waals surface area contributed by atoms with Crippen molar-refractivity contribution in [2.45, 2.75) is 18.9 Å². The highest BCUT2D eigenvalue weighted by Gasteiger charge is 2.18. The average Bonchev–Trinajstić information content (AvgIpc) is 3.21. The Bertz CT molecular complexity index is 610. The van der Waals surface area contributed by atoms with Gasteiger partial charge in [-0.1, -0.05) is 6.07 Å². The molecule has 0 aliphatic carbocycles. The Kier molecular flexibility index (Phi) is 5.03. The van der Waals surface area contributed by atoms with Gasteiger partial charge in [-0.2, -0.15) is 0 Å². The highest BCUT2D eigenvalue weighted by molar-refractivity contribution is 7.09. The summed E-state index contributed by atoms with van der Waals surface area (Å²) in [7, 11) is 0. The Morgan fingerprint density at radius 2 is 2.45 bits per heavy atom. The monoisotopic (exact) mass is 318 g/mol. The van der Waals surface area contributed by atoms with Gasteiger partial charge in [-0.25, -0.2) is 4.98 Å². The van der Waals surface area contributed by atoms with E-state index in [0.29, 0.717) is 31.2 Å². The Balaban J connectivity index is 1.52. The second-order valence-electron chi connectivity index (χ2n) is 5.07. The molecule has 0 saturated carbocycles. The van der Waals surface area contributed by atoms with Crippen LogP contribution in [0.25, 0.3) is 0 Å². The molecule has 1 unspecified atom stereocenters. The van der Waals surface area contributed by atoms with Crippen LogP contribution in [0.1, 0.15) is 21.7 Å². The van der Waals surface area contributed by atoms with E-state index in [1.807, 2.05) is 11.4 Å². The molecule has 0 spiro atoms. The van der Waals surface area contributed by atoms with Crippen LogP contribution in [-0.2, 0) is 11.2 Å². The minimum absolute atomic E-state index is 0.0321. The highest BCUT2D eigenvalue weighted by atomic mass is 32.1. The predicted octanol–water partition coefficient (Wildman–Crippen LogP) is 2.28. The lowest BCUT2D eigenvalue weighted by Crippen LogP contribution is -2.25. The lowest BCUT2D eigenvalue weighted by atomic mass is 10.2. The third-order valence-corrected chi connectivity index (χ3v) is 4.35. The van der Waals surface area contributed by atoms with Gasteiger partial charge in [-0.3, -0.25) is 4.79 Å². The van der Waals surface area contributed by atoms with Gasteiger partial charge in [-0.15, -0.1) is 11.3 Å². The van der Waals surface area contributed by atoms with Gasteiger partial charge in [0, 0.05) is 35.7 Å². The van der Waals surface area contributed by atoms with Crippen LogP contribution in [0.2, 0.25) is 0 Å². The second-order valence-corrected chi connectivity index (χ2v) is 6.10. The highest BCUT2D eigenvalue weighted by Crippen LogP contribution is 2.15. The van der Waals surface area contributed by atoms with Crippen LogP contribution in [0.15, 0.2) is 35.8 Å². The summed E-state index contributed by atoms with van der Waals surface area (Å²) in [4.78, 5) is 17.6. The first-order chi connectivity index (χ1) is 10.8. The summed E-state index contributed by atoms with van der Waals surface area (Å²) >= 11 is 1.70. The zero-order valence-electron chi connectivity index (χ0n) is 12.2. The number of carbonyl (C=O) groups is 1. The average molecular weight is 318 g/mol. The van der Waals surface area contributed by atoms with E-state index in [4.69, 9.17) is 9.47 Å². The molecule has 1 amide bonds. The zero-order chi connectivity index (χ0) is 15.2. The van der Waals surface area contributed by atoms with Crippen molar-refractivity contribution in [3.63, 3.8) is 0 Å². The number of ether oxygens (including phenoxy) is 2. The van der Waals surface area contributed by atoms with E-state index in [2.05, 4.69) is 16.4 Å². The van der Waals surface area contributed by atoms with Gasteiger partial charge in [0.15, 0.2) is 0 Å². The number of nitrogens with zero attached hydrogens (tertiary/aromatic N) is 1. The van der Waals surface area contributed by atoms with E-state index in [-0.39, 0.29) is 12.0 Å². The molecule has 2 aromatic rings. The Labute approximate surface area is 133 Å². The molecule has 1 N–H and O–H groups in total. The molecule has 3 heterocycles. The fraction of sp³-hybridized carbons (Fsp3) is 0.375. The lowest BCUT2D eigenvalue weighted by Gasteiger charge is -2.11. The quantitative estimate of drug-likeness (QED) is 0.888. The van der Waals surface area contributed by atoms with Crippen LogP contribution in [0.4, 0.5) is 0 Å². The van der Waals surface area contributed by atoms with Gasteiger partial charge < -0.3 is 14.8 Å². The standard InChI is InChI=1S/C16H18N2O3S/c19-16(18-7-4-14-2-1-9-22-14)12-3-6-17-15(10-12)21-13-5-8-20-11-13/h1-3,6,9-10,13H,4-5,7-8,11H2,(H,18,19). The van der Waals surface area contributed by atoms with E-state index in [1.165, 1.54) is 4.88 Å². The number of hydrogen-bond acceptors (Lipinski definition) is 5. The first kappa shape index (κ1) is 15.0. The molecule has 0 aromatic carbocycles. The summed E-state index contributed by atoms with van der Waals surface area (Å²) in [5.41, 5.74) is 0.565. The summed E-state index contributed by atoms with van der Waals surface area (Å²) in [6.45, 7) is 1.92. The molecule has 5 nitrogen and oxygen atoms in total. The van der Waals surface area contributed by atoms with Gasteiger partial charge >= 0.3 is 0 Å². The van der Waals surface area contributed by atoms with Gasteiger partial charge in [-0.05, 0) is 23.9 Å². The van der Waals surface area contributed by atoms with Crippen molar-refractivity contribution in [1.29, 1.82) is 0 Å². The summed E-state index contributed by atoms with van der Waals surface area (Å²) < 4.78 is 11.0. The Morgan fingerprint density at radius 3 is 3.23 bits per heavy atom. The SMILES string of the molecule is O=C(NCCc1cccs1)c1ccnc(OC2CCOC2)c1. The van der Waals surface area contributed by atoms with E-state index in [0.717, 1.165) is 12.8 Å². The zero-order valence-corrected chi connectivity index (χ0v) is 13.0. The molecule has 6 heteroatoms. The maximum Gasteiger partial charge on any atom is 0.251 e. The molecule has 1 saturated heterocycles. The number of rotatable bonds is 6. The van der Waals surface area contributed by atoms with E-state index in [9.17, 15) is 4.79 Å². The first-order valence-corrected chi connectivity index (χ1v) is 8.20. The van der Waals surface area contributed by atoms with Crippen LogP contribution in [0.5, 0.6) is 5.88 Å². The van der Waals surface area contributed by atoms with Crippen molar-refractivity contribution in [2.75, 3.05) is 19.8 Å². The van der Waals surface area contributed by atoms with Crippen LogP contribution >= 0.6 is 11.3 Å². The molecule has 22 heavy (non-hydrogen) atoms. The maximum atomic E-state index is 12.1. The first-order valence-electron chi connectivity index (χ1n) is 7.32. The molecule has 1 fully saturated rings. The minimum atomic E-state index is -0.105. The third kappa shape index (κ3) is 4.05. The van der Waals surface area contributed by atoms with E-state index >= 15 is 0 Å². The number of thiophene rings is 1. The van der Waals surface area contributed by atoms with Gasteiger partial charge in [0.2, 0.25) is 5.88 Å². The van der Waals surface area contributed by atoms with Crippen molar-refractivity contribution in [3.8, 4) is 5.88 Å². The molecule has 3 rings (SSSR count). The van der Waals surface area contributed by atoms with Crippen LogP contribution in [0.3, 0.4) is 0 Å². The summed E-state index contributed by atoms with van der Waals surface area (Å²) in [6.07, 6.45) is 3.33. The molecule has 1 aliphatic rings. The molecule has 0 radical (unpaired) electrons. The molecule has 1 aliphatic heterocycles. The maximum absolute atomic E-state index is 12.1. The van der Waals surface area contributed by atoms with E-state index < -0.39 is 0 Å². The normalized spacial score (nSPS) is 17.4. The largest absolute Gasteiger partial charge is 0.472 e. The summed E-state index contributed by atoms with van der Waals surface area (Å²) in [6, 6.07) is 7.46. The third-order valence-electron chi connectivity index (χ3n) is 3.41. The van der Waals surface area contributed by atoms with Gasteiger partial charge in [0.25, 0.3) is 5.91 Å². The smallest absolute Gasteiger partial charge is 0.251 e. The Hall–Kier alpha value is -1.92. The molecule has 1 atom stereocenters. The summed E-state index contributed by atoms with van der Waals surface area (Å²) in [5.74, 6) is 0.368. The topological polar surface area (TPSA) is 60.5 Å². The lowest BCUT2D eigenvalue weighted by molar-refractivity contribution is 0.0952. The number of aromatic nitrogens is 1. The van der Waals surface area contributed by atoms with Crippen molar-refractivity contribution in [3.05, 3.63) is 46.3 Å². The number of carbonyl (C=O) groups excluding carboxylic acids is 1. The fourth-order valence-electron chi connectivity index (χ4n) is 2.25. The Morgan fingerprint density at radius 1 is 1.50 bits per heavy atom. The predicted molar refractivity (Wildman–Crippen MR) is 84.4 cm³/mol. The number of amides is 1. The minimum Gasteiger partial charge on any atom is -0.472 e. The van der Waals surface area contributed by atoms with Crippen molar-refractivity contribution in [1.82, 2.24) is 10.3 Å². The van der Waals surface area contributed by atoms with Crippen LogP contribution in [-0.4, -0.2) is 36.8 Å². The van der Waals surface area contributed by atoms with Crippen LogP contribution < -0.4 is 10.1 Å². The number of nitrogens with one attached hydrogen (secondary N) is 1.